The van der Waals surface area contributed by atoms with Gasteiger partial charge in [0.05, 0.1) is 22.2 Å². The zero-order chi connectivity index (χ0) is 30.6. The van der Waals surface area contributed by atoms with Crippen LogP contribution < -0.4 is 15.1 Å². The number of thiazole rings is 1. The molecular formula is C30H21ClF3N3O4S2. The summed E-state index contributed by atoms with van der Waals surface area (Å²) in [6.45, 7) is 1.57. The van der Waals surface area contributed by atoms with E-state index >= 15 is 0 Å². The van der Waals surface area contributed by atoms with Crippen LogP contribution in [0.25, 0.3) is 0 Å². The SMILES string of the molecule is Cc1ccc(NC(=O)Cn2c3c(sc2=O)[C@@H](c2ccc(Cl)cc2)[C@H]2C(=O)N(c4cccc(C(F)(F)F)c4)C(=O)[C@H]2S3)cc1. The first-order chi connectivity index (χ1) is 20.4. The average molecular weight is 644 g/mol. The zero-order valence-corrected chi connectivity index (χ0v) is 24.6. The van der Waals surface area contributed by atoms with Crippen LogP contribution in [0.3, 0.4) is 0 Å². The largest absolute Gasteiger partial charge is 0.416 e. The zero-order valence-electron chi connectivity index (χ0n) is 22.2. The number of aromatic nitrogens is 1. The first-order valence-corrected chi connectivity index (χ1v) is 15.1. The number of thioether (sulfide) groups is 1. The average Bonchev–Trinajstić information content (AvgIpc) is 3.40. The number of imide groups is 1. The number of rotatable bonds is 5. The molecule has 1 saturated heterocycles. The molecule has 2 aliphatic heterocycles. The molecule has 0 radical (unpaired) electrons. The molecule has 4 aromatic rings. The van der Waals surface area contributed by atoms with Crippen LogP contribution in [0.1, 0.15) is 27.5 Å². The Morgan fingerprint density at radius 3 is 2.35 bits per heavy atom. The third kappa shape index (κ3) is 5.39. The number of anilines is 2. The topological polar surface area (TPSA) is 88.5 Å². The number of nitrogens with one attached hydrogen (secondary N) is 1. The van der Waals surface area contributed by atoms with Crippen LogP contribution in [-0.2, 0) is 27.1 Å². The number of alkyl halides is 3. The Balaban J connectivity index is 1.40. The number of carbonyl (C=O) groups is 3. The van der Waals surface area contributed by atoms with E-state index in [2.05, 4.69) is 5.32 Å². The molecule has 1 N–H and O–H groups in total. The van der Waals surface area contributed by atoms with Crippen LogP contribution in [0.2, 0.25) is 5.02 Å². The summed E-state index contributed by atoms with van der Waals surface area (Å²) in [4.78, 5) is 54.8. The van der Waals surface area contributed by atoms with Gasteiger partial charge in [-0.25, -0.2) is 4.90 Å². The third-order valence-corrected chi connectivity index (χ3v) is 10.2. The van der Waals surface area contributed by atoms with Gasteiger partial charge < -0.3 is 5.32 Å². The van der Waals surface area contributed by atoms with Gasteiger partial charge in [0.15, 0.2) is 0 Å². The van der Waals surface area contributed by atoms with E-state index in [1.54, 1.807) is 36.4 Å². The van der Waals surface area contributed by atoms with Crippen LogP contribution in [0.15, 0.2) is 82.6 Å². The highest BCUT2D eigenvalue weighted by atomic mass is 35.5. The van der Waals surface area contributed by atoms with E-state index in [0.717, 1.165) is 51.8 Å². The second kappa shape index (κ2) is 11.0. The van der Waals surface area contributed by atoms with E-state index < -0.39 is 51.4 Å². The Morgan fingerprint density at radius 1 is 0.977 bits per heavy atom. The van der Waals surface area contributed by atoms with E-state index in [0.29, 0.717) is 26.2 Å². The highest BCUT2D eigenvalue weighted by Gasteiger charge is 2.57. The van der Waals surface area contributed by atoms with E-state index in [4.69, 9.17) is 11.6 Å². The Bertz CT molecular complexity index is 1820. The summed E-state index contributed by atoms with van der Waals surface area (Å²) >= 11 is 7.96. The Labute approximate surface area is 256 Å². The molecule has 7 nitrogen and oxygen atoms in total. The molecular weight excluding hydrogens is 623 g/mol. The van der Waals surface area contributed by atoms with Crippen molar-refractivity contribution in [2.75, 3.05) is 10.2 Å². The van der Waals surface area contributed by atoms with Crippen molar-refractivity contribution >= 4 is 63.8 Å². The van der Waals surface area contributed by atoms with E-state index in [1.165, 1.54) is 10.6 Å². The van der Waals surface area contributed by atoms with E-state index in [1.807, 2.05) is 19.1 Å². The summed E-state index contributed by atoms with van der Waals surface area (Å²) in [5.41, 5.74) is 0.983. The number of hydrogen-bond donors (Lipinski definition) is 1. The summed E-state index contributed by atoms with van der Waals surface area (Å²) < 4.78 is 41.7. The standard InChI is InChI=1S/C30H21ClF3N3O4S2/c1-15-5-11-19(12-6-15)35-21(38)14-36-28-25(43-29(36)41)22(16-7-9-18(31)10-8-16)23-24(42-28)27(40)37(26(23)39)20-4-2-3-17(13-20)30(32,33)34/h2-13,22-24H,14H2,1H3,(H,35,38)/t22-,23+,24-/m0/s1. The summed E-state index contributed by atoms with van der Waals surface area (Å²) in [5.74, 6) is -3.61. The van der Waals surface area contributed by atoms with Crippen molar-refractivity contribution in [3.63, 3.8) is 0 Å². The second-order valence-electron chi connectivity index (χ2n) is 10.2. The normalized spacial score (nSPS) is 19.7. The molecule has 6 rings (SSSR count). The van der Waals surface area contributed by atoms with Crippen LogP contribution in [0, 0.1) is 12.8 Å². The minimum atomic E-state index is -4.67. The fraction of sp³-hybridized carbons (Fsp3) is 0.200. The van der Waals surface area contributed by atoms with Crippen molar-refractivity contribution < 1.29 is 27.6 Å². The molecule has 3 atom stereocenters. The van der Waals surface area contributed by atoms with Gasteiger partial charge in [0, 0.05) is 21.5 Å². The molecule has 3 aromatic carbocycles. The molecule has 2 aliphatic rings. The van der Waals surface area contributed by atoms with Crippen LogP contribution >= 0.6 is 34.7 Å². The van der Waals surface area contributed by atoms with Crippen molar-refractivity contribution in [2.24, 2.45) is 5.92 Å². The molecule has 43 heavy (non-hydrogen) atoms. The third-order valence-electron chi connectivity index (χ3n) is 7.35. The summed E-state index contributed by atoms with van der Waals surface area (Å²) in [5, 5.41) is 2.51. The molecule has 1 fully saturated rings. The maximum atomic E-state index is 13.9. The number of nitrogens with zero attached hydrogens (tertiary/aromatic N) is 2. The molecule has 0 saturated carbocycles. The summed E-state index contributed by atoms with van der Waals surface area (Å²) in [6.07, 6.45) is -4.67. The van der Waals surface area contributed by atoms with E-state index in [-0.39, 0.29) is 12.2 Å². The number of amides is 3. The van der Waals surface area contributed by atoms with Crippen molar-refractivity contribution in [3.05, 3.63) is 109 Å². The van der Waals surface area contributed by atoms with Gasteiger partial charge in [-0.05, 0) is 55.0 Å². The minimum absolute atomic E-state index is 0.187. The highest BCUT2D eigenvalue weighted by molar-refractivity contribution is 8.00. The summed E-state index contributed by atoms with van der Waals surface area (Å²) in [6, 6.07) is 17.8. The molecule has 1 aromatic heterocycles. The Kier molecular flexibility index (Phi) is 7.47. The van der Waals surface area contributed by atoms with Gasteiger partial charge >= 0.3 is 11.0 Å². The quantitative estimate of drug-likeness (QED) is 0.257. The van der Waals surface area contributed by atoms with Crippen molar-refractivity contribution in [2.45, 2.75) is 35.8 Å². The van der Waals surface area contributed by atoms with Crippen LogP contribution in [0.5, 0.6) is 0 Å². The minimum Gasteiger partial charge on any atom is -0.325 e. The lowest BCUT2D eigenvalue weighted by Crippen LogP contribution is -2.33. The first-order valence-electron chi connectivity index (χ1n) is 13.0. The second-order valence-corrected chi connectivity index (χ2v) is 12.8. The molecule has 0 bridgehead atoms. The van der Waals surface area contributed by atoms with Gasteiger partial charge in [0.2, 0.25) is 17.7 Å². The molecule has 3 amide bonds. The number of fused-ring (bicyclic) bond motifs is 2. The number of aryl methyl sites for hydroxylation is 1. The Hall–Kier alpha value is -3.87. The number of hydrogen-bond acceptors (Lipinski definition) is 6. The van der Waals surface area contributed by atoms with Crippen LogP contribution in [-0.4, -0.2) is 27.5 Å². The van der Waals surface area contributed by atoms with Crippen molar-refractivity contribution in [3.8, 4) is 0 Å². The predicted octanol–water partition coefficient (Wildman–Crippen LogP) is 6.32. The first kappa shape index (κ1) is 29.2. The van der Waals surface area contributed by atoms with Gasteiger partial charge in [-0.3, -0.25) is 23.7 Å². The summed E-state index contributed by atoms with van der Waals surface area (Å²) in [7, 11) is 0. The molecule has 0 unspecified atom stereocenters. The maximum absolute atomic E-state index is 13.9. The molecule has 13 heteroatoms. The lowest BCUT2D eigenvalue weighted by atomic mass is 9.83. The number of halogens is 4. The Morgan fingerprint density at radius 2 is 1.67 bits per heavy atom. The van der Waals surface area contributed by atoms with Crippen molar-refractivity contribution in [1.82, 2.24) is 4.57 Å². The van der Waals surface area contributed by atoms with Gasteiger partial charge in [-0.1, -0.05) is 70.6 Å². The fourth-order valence-electron chi connectivity index (χ4n) is 5.34. The monoisotopic (exact) mass is 643 g/mol. The van der Waals surface area contributed by atoms with Gasteiger partial charge in [0.1, 0.15) is 11.8 Å². The molecule has 220 valence electrons. The maximum Gasteiger partial charge on any atom is 0.416 e. The fourth-order valence-corrected chi connectivity index (χ4v) is 8.24. The molecule has 3 heterocycles. The smallest absolute Gasteiger partial charge is 0.325 e. The van der Waals surface area contributed by atoms with Crippen molar-refractivity contribution in [1.29, 1.82) is 0 Å². The lowest BCUT2D eigenvalue weighted by Gasteiger charge is -2.30. The molecule has 0 aliphatic carbocycles. The lowest BCUT2D eigenvalue weighted by molar-refractivity contribution is -0.137. The predicted molar refractivity (Wildman–Crippen MR) is 159 cm³/mol. The van der Waals surface area contributed by atoms with Crippen LogP contribution in [0.4, 0.5) is 24.5 Å². The highest BCUT2D eigenvalue weighted by Crippen LogP contribution is 2.54. The van der Waals surface area contributed by atoms with E-state index in [9.17, 15) is 32.3 Å². The number of benzene rings is 3. The van der Waals surface area contributed by atoms with Gasteiger partial charge in [0.25, 0.3) is 0 Å². The number of carbonyl (C=O) groups excluding carboxylic acids is 3. The van der Waals surface area contributed by atoms with Gasteiger partial charge in [-0.15, -0.1) is 0 Å². The molecule has 0 spiro atoms. The van der Waals surface area contributed by atoms with Gasteiger partial charge in [-0.2, -0.15) is 13.2 Å².